The van der Waals surface area contributed by atoms with E-state index in [-0.39, 0.29) is 0 Å². The summed E-state index contributed by atoms with van der Waals surface area (Å²) in [5.74, 6) is 0. The molecule has 2 nitrogen and oxygen atoms in total. The van der Waals surface area contributed by atoms with Crippen LogP contribution in [0.5, 0.6) is 0 Å². The molecule has 11 aromatic rings. The predicted octanol–water partition coefficient (Wildman–Crippen LogP) is 15.6. The zero-order chi connectivity index (χ0) is 38.4. The molecular formula is C56H38N2. The topological polar surface area (TPSA) is 8.17 Å². The van der Waals surface area contributed by atoms with Crippen LogP contribution in [0, 0.1) is 0 Å². The Bertz CT molecular complexity index is 3210. The van der Waals surface area contributed by atoms with E-state index in [1.807, 2.05) is 0 Å². The molecule has 0 fully saturated rings. The van der Waals surface area contributed by atoms with Gasteiger partial charge in [0.15, 0.2) is 0 Å². The summed E-state index contributed by atoms with van der Waals surface area (Å²) in [4.78, 5) is 2.43. The summed E-state index contributed by atoms with van der Waals surface area (Å²) in [6, 6.07) is 83.8. The molecule has 0 unspecified atom stereocenters. The zero-order valence-corrected chi connectivity index (χ0v) is 31.8. The van der Waals surface area contributed by atoms with Gasteiger partial charge < -0.3 is 9.47 Å². The maximum absolute atomic E-state index is 2.45. The lowest BCUT2D eigenvalue weighted by atomic mass is 9.94. The first-order valence-corrected chi connectivity index (χ1v) is 19.9. The van der Waals surface area contributed by atoms with Crippen molar-refractivity contribution >= 4 is 60.4 Å². The summed E-state index contributed by atoms with van der Waals surface area (Å²) in [6.07, 6.45) is 0. The highest BCUT2D eigenvalue weighted by Crippen LogP contribution is 2.45. The Balaban J connectivity index is 1.18. The SMILES string of the molecule is c1ccc(-c2cc(-c3ccccc3)cc(N(c3cccc(-c4cc5ccccc5c5c4c4ccccc4n5-c4ccccc4)c3)c3ccc4ccccc4c3)c2)cc1. The number of hydrogen-bond donors (Lipinski definition) is 0. The first kappa shape index (κ1) is 33.6. The molecule has 0 aliphatic carbocycles. The third kappa shape index (κ3) is 5.82. The molecule has 0 atom stereocenters. The van der Waals surface area contributed by atoms with Crippen molar-refractivity contribution in [2.75, 3.05) is 4.90 Å². The van der Waals surface area contributed by atoms with Crippen molar-refractivity contribution in [3.05, 3.63) is 231 Å². The lowest BCUT2D eigenvalue weighted by molar-refractivity contribution is 1.19. The van der Waals surface area contributed by atoms with Gasteiger partial charge in [0, 0.05) is 38.9 Å². The molecule has 1 heterocycles. The van der Waals surface area contributed by atoms with Gasteiger partial charge >= 0.3 is 0 Å². The fourth-order valence-corrected chi connectivity index (χ4v) is 8.82. The highest BCUT2D eigenvalue weighted by molar-refractivity contribution is 6.24. The first-order chi connectivity index (χ1) is 28.8. The summed E-state index contributed by atoms with van der Waals surface area (Å²) in [6.45, 7) is 0. The summed E-state index contributed by atoms with van der Waals surface area (Å²) in [5, 5.41) is 7.36. The molecule has 0 amide bonds. The van der Waals surface area contributed by atoms with Crippen molar-refractivity contribution in [2.24, 2.45) is 0 Å². The fourth-order valence-electron chi connectivity index (χ4n) is 8.82. The van der Waals surface area contributed by atoms with E-state index in [0.717, 1.165) is 28.3 Å². The summed E-state index contributed by atoms with van der Waals surface area (Å²) < 4.78 is 2.45. The van der Waals surface area contributed by atoms with Gasteiger partial charge in [0.1, 0.15) is 0 Å². The van der Waals surface area contributed by atoms with E-state index < -0.39 is 0 Å². The molecule has 0 saturated carbocycles. The number of anilines is 3. The van der Waals surface area contributed by atoms with Crippen LogP contribution in [0.2, 0.25) is 0 Å². The van der Waals surface area contributed by atoms with Crippen LogP contribution >= 0.6 is 0 Å². The van der Waals surface area contributed by atoms with E-state index in [9.17, 15) is 0 Å². The zero-order valence-electron chi connectivity index (χ0n) is 31.8. The second-order valence-corrected chi connectivity index (χ2v) is 15.0. The Labute approximate surface area is 338 Å². The Kier molecular flexibility index (Phi) is 8.19. The third-order valence-corrected chi connectivity index (χ3v) is 11.5. The molecule has 11 rings (SSSR count). The maximum Gasteiger partial charge on any atom is 0.0625 e. The smallest absolute Gasteiger partial charge is 0.0625 e. The number of para-hydroxylation sites is 2. The van der Waals surface area contributed by atoms with Crippen LogP contribution in [0.3, 0.4) is 0 Å². The second kappa shape index (κ2) is 14.1. The van der Waals surface area contributed by atoms with Crippen molar-refractivity contribution in [2.45, 2.75) is 0 Å². The van der Waals surface area contributed by atoms with Gasteiger partial charge in [-0.1, -0.05) is 164 Å². The largest absolute Gasteiger partial charge is 0.310 e. The van der Waals surface area contributed by atoms with E-state index in [0.29, 0.717) is 0 Å². The van der Waals surface area contributed by atoms with E-state index in [1.54, 1.807) is 0 Å². The minimum atomic E-state index is 1.09. The second-order valence-electron chi connectivity index (χ2n) is 15.0. The summed E-state index contributed by atoms with van der Waals surface area (Å²) in [7, 11) is 0. The van der Waals surface area contributed by atoms with Crippen molar-refractivity contribution in [1.29, 1.82) is 0 Å². The van der Waals surface area contributed by atoms with E-state index in [1.165, 1.54) is 71.2 Å². The molecule has 0 aliphatic heterocycles. The van der Waals surface area contributed by atoms with Crippen LogP contribution in [0.15, 0.2) is 231 Å². The van der Waals surface area contributed by atoms with Gasteiger partial charge in [-0.15, -0.1) is 0 Å². The van der Waals surface area contributed by atoms with Gasteiger partial charge in [0.25, 0.3) is 0 Å². The maximum atomic E-state index is 2.45. The number of hydrogen-bond acceptors (Lipinski definition) is 1. The Hall–Kier alpha value is -7.68. The van der Waals surface area contributed by atoms with Crippen LogP contribution in [0.1, 0.15) is 0 Å². The molecular weight excluding hydrogens is 701 g/mol. The van der Waals surface area contributed by atoms with Gasteiger partial charge in [-0.25, -0.2) is 0 Å². The third-order valence-electron chi connectivity index (χ3n) is 11.5. The first-order valence-electron chi connectivity index (χ1n) is 19.9. The molecule has 0 saturated heterocycles. The number of nitrogens with zero attached hydrogens (tertiary/aromatic N) is 2. The average molecular weight is 739 g/mol. The molecule has 0 aliphatic rings. The van der Waals surface area contributed by atoms with Crippen LogP contribution in [0.4, 0.5) is 17.1 Å². The number of fused-ring (bicyclic) bond motifs is 6. The quantitative estimate of drug-likeness (QED) is 0.158. The standard InChI is InChI=1S/C56H38N2/c1-4-17-39(18-5-1)45-33-46(40-19-6-2-7-20-40)37-50(36-45)57(49-32-31-41-21-10-11-22-42(41)34-49)48-27-16-24-43(35-48)53-38-44-23-12-13-28-51(44)56-55(53)52-29-14-15-30-54(52)58(56)47-25-8-3-9-26-47/h1-38H. The summed E-state index contributed by atoms with van der Waals surface area (Å²) >= 11 is 0. The van der Waals surface area contributed by atoms with Crippen molar-refractivity contribution in [3.8, 4) is 39.1 Å². The van der Waals surface area contributed by atoms with Crippen LogP contribution < -0.4 is 4.90 Å². The fraction of sp³-hybridized carbons (Fsp3) is 0. The molecule has 0 radical (unpaired) electrons. The van der Waals surface area contributed by atoms with E-state index in [4.69, 9.17) is 0 Å². The van der Waals surface area contributed by atoms with Crippen LogP contribution in [-0.2, 0) is 0 Å². The minimum Gasteiger partial charge on any atom is -0.310 e. The summed E-state index contributed by atoms with van der Waals surface area (Å²) in [5.41, 5.74) is 13.9. The van der Waals surface area contributed by atoms with Crippen LogP contribution in [0.25, 0.3) is 82.4 Å². The number of benzene rings is 10. The number of rotatable bonds is 7. The highest BCUT2D eigenvalue weighted by Gasteiger charge is 2.21. The van der Waals surface area contributed by atoms with E-state index in [2.05, 4.69) is 240 Å². The van der Waals surface area contributed by atoms with Gasteiger partial charge in [0.05, 0.1) is 11.0 Å². The molecule has 272 valence electrons. The van der Waals surface area contributed by atoms with Gasteiger partial charge in [-0.05, 0) is 116 Å². The Morgan fingerprint density at radius 3 is 1.59 bits per heavy atom. The molecule has 2 heteroatoms. The monoisotopic (exact) mass is 738 g/mol. The Morgan fingerprint density at radius 1 is 0.310 bits per heavy atom. The molecule has 58 heavy (non-hydrogen) atoms. The van der Waals surface area contributed by atoms with Gasteiger partial charge in [-0.3, -0.25) is 0 Å². The molecule has 10 aromatic carbocycles. The Morgan fingerprint density at radius 2 is 0.862 bits per heavy atom. The minimum absolute atomic E-state index is 1.09. The van der Waals surface area contributed by atoms with Crippen molar-refractivity contribution < 1.29 is 0 Å². The normalized spacial score (nSPS) is 11.4. The average Bonchev–Trinajstić information content (AvgIpc) is 3.65. The molecule has 1 aromatic heterocycles. The van der Waals surface area contributed by atoms with E-state index >= 15 is 0 Å². The molecule has 0 bridgehead atoms. The predicted molar refractivity (Wildman–Crippen MR) is 247 cm³/mol. The molecule has 0 N–H and O–H groups in total. The van der Waals surface area contributed by atoms with Crippen molar-refractivity contribution in [3.63, 3.8) is 0 Å². The van der Waals surface area contributed by atoms with Gasteiger partial charge in [-0.2, -0.15) is 0 Å². The van der Waals surface area contributed by atoms with Crippen molar-refractivity contribution in [1.82, 2.24) is 4.57 Å². The lowest BCUT2D eigenvalue weighted by Gasteiger charge is -2.28. The molecule has 0 spiro atoms. The highest BCUT2D eigenvalue weighted by atomic mass is 15.1. The van der Waals surface area contributed by atoms with Crippen LogP contribution in [-0.4, -0.2) is 4.57 Å². The number of aromatic nitrogens is 1. The van der Waals surface area contributed by atoms with Gasteiger partial charge in [0.2, 0.25) is 0 Å². The lowest BCUT2D eigenvalue weighted by Crippen LogP contribution is -2.10.